The summed E-state index contributed by atoms with van der Waals surface area (Å²) in [5.74, 6) is 0.635. The molecule has 0 saturated heterocycles. The van der Waals surface area contributed by atoms with Gasteiger partial charge in [-0.2, -0.15) is 0 Å². The second-order valence-corrected chi connectivity index (χ2v) is 7.30. The van der Waals surface area contributed by atoms with Crippen molar-refractivity contribution in [3.63, 3.8) is 0 Å². The minimum atomic E-state index is 0.635. The fourth-order valence-corrected chi connectivity index (χ4v) is 3.98. The molecule has 2 aromatic heterocycles. The minimum absolute atomic E-state index is 0.635. The lowest BCUT2D eigenvalue weighted by Crippen LogP contribution is -1.81. The van der Waals surface area contributed by atoms with Gasteiger partial charge in [-0.3, -0.25) is 0 Å². The molecule has 3 nitrogen and oxygen atoms in total. The molecule has 0 spiro atoms. The Balaban J connectivity index is 1.48. The summed E-state index contributed by atoms with van der Waals surface area (Å²) >= 11 is 0. The first-order valence-corrected chi connectivity index (χ1v) is 9.65. The second kappa shape index (κ2) is 6.08. The first-order chi connectivity index (χ1) is 14.3. The quantitative estimate of drug-likeness (QED) is 0.317. The van der Waals surface area contributed by atoms with Crippen molar-refractivity contribution in [2.45, 2.75) is 6.92 Å². The van der Waals surface area contributed by atoms with E-state index in [9.17, 15) is 0 Å². The highest BCUT2D eigenvalue weighted by Crippen LogP contribution is 2.37. The van der Waals surface area contributed by atoms with Crippen LogP contribution in [0.2, 0.25) is 0 Å². The molecule has 0 bridgehead atoms. The normalized spacial score (nSPS) is 11.6. The van der Waals surface area contributed by atoms with Crippen molar-refractivity contribution < 1.29 is 8.83 Å². The lowest BCUT2D eigenvalue weighted by Gasteiger charge is -2.04. The summed E-state index contributed by atoms with van der Waals surface area (Å²) in [6.07, 6.45) is 0. The Morgan fingerprint density at radius 2 is 1.34 bits per heavy atom. The average Bonchev–Trinajstić information content (AvgIpc) is 3.36. The van der Waals surface area contributed by atoms with Crippen LogP contribution in [0.15, 0.2) is 93.8 Å². The Labute approximate surface area is 167 Å². The molecule has 0 radical (unpaired) electrons. The van der Waals surface area contributed by atoms with E-state index >= 15 is 0 Å². The van der Waals surface area contributed by atoms with Gasteiger partial charge in [-0.25, -0.2) is 4.98 Å². The van der Waals surface area contributed by atoms with E-state index in [4.69, 9.17) is 8.83 Å². The Bertz CT molecular complexity index is 1470. The fraction of sp³-hybridized carbons (Fsp3) is 0.0385. The highest BCUT2D eigenvalue weighted by molar-refractivity contribution is 6.10. The van der Waals surface area contributed by atoms with Crippen LogP contribution in [0.1, 0.15) is 5.56 Å². The lowest BCUT2D eigenvalue weighted by molar-refractivity contribution is 0.620. The van der Waals surface area contributed by atoms with E-state index in [1.807, 2.05) is 36.4 Å². The van der Waals surface area contributed by atoms with Crippen LogP contribution in [-0.4, -0.2) is 4.98 Å². The third kappa shape index (κ3) is 2.48. The van der Waals surface area contributed by atoms with Crippen molar-refractivity contribution in [3.8, 4) is 22.6 Å². The Kier molecular flexibility index (Phi) is 3.38. The molecule has 4 aromatic carbocycles. The number of fused-ring (bicyclic) bond motifs is 4. The van der Waals surface area contributed by atoms with Crippen molar-refractivity contribution in [1.29, 1.82) is 0 Å². The zero-order chi connectivity index (χ0) is 19.4. The van der Waals surface area contributed by atoms with Gasteiger partial charge in [-0.05, 0) is 42.3 Å². The van der Waals surface area contributed by atoms with E-state index < -0.39 is 0 Å². The summed E-state index contributed by atoms with van der Waals surface area (Å²) in [4.78, 5) is 4.59. The number of hydrogen-bond donors (Lipinski definition) is 0. The SMILES string of the molecule is Cc1cccc2c1oc1c(-c3ccc(-c4nc5ccccc5o4)cc3)cccc12. The van der Waals surface area contributed by atoms with Gasteiger partial charge < -0.3 is 8.83 Å². The van der Waals surface area contributed by atoms with Crippen molar-refractivity contribution >= 4 is 33.0 Å². The average molecular weight is 375 g/mol. The van der Waals surface area contributed by atoms with Crippen LogP contribution in [0.5, 0.6) is 0 Å². The Morgan fingerprint density at radius 1 is 0.621 bits per heavy atom. The van der Waals surface area contributed by atoms with Crippen molar-refractivity contribution in [2.24, 2.45) is 0 Å². The van der Waals surface area contributed by atoms with Gasteiger partial charge in [0.2, 0.25) is 5.89 Å². The molecule has 3 heteroatoms. The summed E-state index contributed by atoms with van der Waals surface area (Å²) in [6.45, 7) is 2.08. The van der Waals surface area contributed by atoms with Crippen LogP contribution in [0.3, 0.4) is 0 Å². The number of benzene rings is 4. The first kappa shape index (κ1) is 16.1. The van der Waals surface area contributed by atoms with Gasteiger partial charge in [0, 0.05) is 21.9 Å². The zero-order valence-electron chi connectivity index (χ0n) is 15.8. The molecule has 0 amide bonds. The van der Waals surface area contributed by atoms with E-state index in [-0.39, 0.29) is 0 Å². The van der Waals surface area contributed by atoms with Crippen LogP contribution in [0.4, 0.5) is 0 Å². The molecule has 6 aromatic rings. The van der Waals surface area contributed by atoms with Crippen LogP contribution in [0, 0.1) is 6.92 Å². The molecule has 29 heavy (non-hydrogen) atoms. The van der Waals surface area contributed by atoms with Crippen molar-refractivity contribution in [3.05, 3.63) is 90.5 Å². The molecule has 2 heterocycles. The van der Waals surface area contributed by atoms with Crippen LogP contribution < -0.4 is 0 Å². The summed E-state index contributed by atoms with van der Waals surface area (Å²) in [6, 6.07) is 28.7. The minimum Gasteiger partial charge on any atom is -0.455 e. The molecule has 138 valence electrons. The molecule has 0 N–H and O–H groups in total. The lowest BCUT2D eigenvalue weighted by atomic mass is 10.0. The maximum Gasteiger partial charge on any atom is 0.227 e. The summed E-state index contributed by atoms with van der Waals surface area (Å²) < 4.78 is 12.2. The highest BCUT2D eigenvalue weighted by atomic mass is 16.3. The number of oxazole rings is 1. The Morgan fingerprint density at radius 3 is 2.17 bits per heavy atom. The third-order valence-electron chi connectivity index (χ3n) is 5.46. The molecular weight excluding hydrogens is 358 g/mol. The van der Waals surface area contributed by atoms with Crippen LogP contribution >= 0.6 is 0 Å². The van der Waals surface area contributed by atoms with E-state index in [0.29, 0.717) is 5.89 Å². The molecule has 6 rings (SSSR count). The predicted molar refractivity (Wildman–Crippen MR) is 117 cm³/mol. The van der Waals surface area contributed by atoms with E-state index in [1.54, 1.807) is 0 Å². The van der Waals surface area contributed by atoms with E-state index in [2.05, 4.69) is 60.4 Å². The van der Waals surface area contributed by atoms with Gasteiger partial charge in [0.05, 0.1) is 0 Å². The van der Waals surface area contributed by atoms with Crippen LogP contribution in [0.25, 0.3) is 55.6 Å². The topological polar surface area (TPSA) is 39.2 Å². The van der Waals surface area contributed by atoms with Gasteiger partial charge in [0.25, 0.3) is 0 Å². The molecule has 0 atom stereocenters. The molecule has 0 aliphatic rings. The maximum atomic E-state index is 6.29. The largest absolute Gasteiger partial charge is 0.455 e. The zero-order valence-corrected chi connectivity index (χ0v) is 15.8. The molecule has 0 fully saturated rings. The molecule has 0 unspecified atom stereocenters. The number of aromatic nitrogens is 1. The molecule has 0 saturated carbocycles. The van der Waals surface area contributed by atoms with Crippen molar-refractivity contribution in [2.75, 3.05) is 0 Å². The van der Waals surface area contributed by atoms with E-state index in [1.165, 1.54) is 0 Å². The monoisotopic (exact) mass is 375 g/mol. The predicted octanol–water partition coefficient (Wildman–Crippen LogP) is 7.37. The standard InChI is InChI=1S/C26H17NO2/c1-16-6-4-8-20-21-9-5-7-19(25(21)29-24(16)20)17-12-14-18(15-13-17)26-27-22-10-2-3-11-23(22)28-26/h2-15H,1H3. The van der Waals surface area contributed by atoms with Gasteiger partial charge in [0.15, 0.2) is 5.58 Å². The maximum absolute atomic E-state index is 6.29. The summed E-state index contributed by atoms with van der Waals surface area (Å²) in [5.41, 5.74) is 7.84. The number of hydrogen-bond acceptors (Lipinski definition) is 3. The summed E-state index contributed by atoms with van der Waals surface area (Å²) in [7, 11) is 0. The van der Waals surface area contributed by atoms with E-state index in [0.717, 1.165) is 55.3 Å². The fourth-order valence-electron chi connectivity index (χ4n) is 3.98. The Hall–Kier alpha value is -3.85. The number of rotatable bonds is 2. The first-order valence-electron chi connectivity index (χ1n) is 9.65. The third-order valence-corrected chi connectivity index (χ3v) is 5.46. The number of para-hydroxylation sites is 4. The van der Waals surface area contributed by atoms with Gasteiger partial charge >= 0.3 is 0 Å². The van der Waals surface area contributed by atoms with Gasteiger partial charge in [0.1, 0.15) is 16.7 Å². The van der Waals surface area contributed by atoms with Crippen molar-refractivity contribution in [1.82, 2.24) is 4.98 Å². The van der Waals surface area contributed by atoms with Crippen LogP contribution in [-0.2, 0) is 0 Å². The number of furan rings is 1. The highest BCUT2D eigenvalue weighted by Gasteiger charge is 2.14. The summed E-state index contributed by atoms with van der Waals surface area (Å²) in [5, 5.41) is 2.30. The smallest absolute Gasteiger partial charge is 0.227 e. The van der Waals surface area contributed by atoms with Gasteiger partial charge in [-0.1, -0.05) is 60.7 Å². The van der Waals surface area contributed by atoms with Gasteiger partial charge in [-0.15, -0.1) is 0 Å². The number of aryl methyl sites for hydroxylation is 1. The second-order valence-electron chi connectivity index (χ2n) is 7.30. The molecule has 0 aliphatic heterocycles. The number of nitrogens with zero attached hydrogens (tertiary/aromatic N) is 1. The molecule has 0 aliphatic carbocycles. The molecular formula is C26H17NO2.